The third-order valence-corrected chi connectivity index (χ3v) is 4.56. The van der Waals surface area contributed by atoms with Gasteiger partial charge in [0, 0.05) is 18.5 Å². The SMILES string of the molecule is CNc1nc(-n2cc(OC(=O)O)cn2)nc2cc(F)c(Oc3c(C)cccc3C)cc12. The van der Waals surface area contributed by atoms with Crippen molar-refractivity contribution in [3.05, 3.63) is 59.7 Å². The molecule has 0 saturated carbocycles. The summed E-state index contributed by atoms with van der Waals surface area (Å²) in [6.07, 6.45) is 1.06. The predicted molar refractivity (Wildman–Crippen MR) is 111 cm³/mol. The van der Waals surface area contributed by atoms with E-state index in [4.69, 9.17) is 9.84 Å². The van der Waals surface area contributed by atoms with E-state index in [-0.39, 0.29) is 17.4 Å². The molecule has 0 spiro atoms. The number of anilines is 1. The summed E-state index contributed by atoms with van der Waals surface area (Å²) in [4.78, 5) is 19.4. The highest BCUT2D eigenvalue weighted by Crippen LogP contribution is 2.34. The van der Waals surface area contributed by atoms with Gasteiger partial charge in [0.05, 0.1) is 17.9 Å². The average Bonchev–Trinajstić information content (AvgIpc) is 3.18. The number of fused-ring (bicyclic) bond motifs is 1. The van der Waals surface area contributed by atoms with Crippen LogP contribution in [-0.4, -0.2) is 38.1 Å². The quantitative estimate of drug-likeness (QED) is 0.453. The van der Waals surface area contributed by atoms with Crippen LogP contribution in [0, 0.1) is 19.7 Å². The van der Waals surface area contributed by atoms with Gasteiger partial charge < -0.3 is 19.9 Å². The van der Waals surface area contributed by atoms with Gasteiger partial charge in [-0.15, -0.1) is 0 Å². The number of nitrogens with one attached hydrogen (secondary N) is 1. The minimum atomic E-state index is -1.46. The van der Waals surface area contributed by atoms with E-state index in [0.717, 1.165) is 11.1 Å². The number of rotatable bonds is 5. The summed E-state index contributed by atoms with van der Waals surface area (Å²) < 4.78 is 26.5. The Hall–Kier alpha value is -4.21. The molecule has 2 N–H and O–H groups in total. The van der Waals surface area contributed by atoms with Crippen LogP contribution in [0.3, 0.4) is 0 Å². The second kappa shape index (κ2) is 7.90. The van der Waals surface area contributed by atoms with E-state index in [1.165, 1.54) is 29.2 Å². The molecule has 0 atom stereocenters. The molecule has 0 unspecified atom stereocenters. The van der Waals surface area contributed by atoms with Crippen molar-refractivity contribution >= 4 is 22.9 Å². The first kappa shape index (κ1) is 20.1. The molecule has 9 nitrogen and oxygen atoms in total. The Bertz CT molecular complexity index is 1280. The zero-order chi connectivity index (χ0) is 22.1. The lowest BCUT2D eigenvalue weighted by molar-refractivity contribution is 0.144. The van der Waals surface area contributed by atoms with Crippen molar-refractivity contribution in [3.8, 4) is 23.2 Å². The number of carboxylic acid groups (broad SMARTS) is 1. The van der Waals surface area contributed by atoms with Gasteiger partial charge in [0.2, 0.25) is 0 Å². The monoisotopic (exact) mass is 423 g/mol. The number of halogens is 1. The second-order valence-electron chi connectivity index (χ2n) is 6.73. The number of aryl methyl sites for hydroxylation is 2. The predicted octanol–water partition coefficient (Wildman–Crippen LogP) is 4.46. The highest BCUT2D eigenvalue weighted by Gasteiger charge is 2.16. The molecule has 158 valence electrons. The minimum absolute atomic E-state index is 0.00531. The Labute approximate surface area is 176 Å². The molecule has 2 aromatic heterocycles. The standard InChI is InChI=1S/C21H18FN5O4/c1-11-5-4-6-12(2)18(11)31-17-7-14-16(8-15(17)22)25-20(26-19(14)23-3)27-10-13(9-24-27)30-21(28)29/h4-10H,1-3H3,(H,28,29)(H,23,25,26). The molecule has 10 heteroatoms. The summed E-state index contributed by atoms with van der Waals surface area (Å²) in [6, 6.07) is 8.48. The van der Waals surface area contributed by atoms with Crippen LogP contribution in [0.4, 0.5) is 15.0 Å². The first-order valence-electron chi connectivity index (χ1n) is 9.24. The molecule has 0 radical (unpaired) electrons. The molecule has 0 fully saturated rings. The summed E-state index contributed by atoms with van der Waals surface area (Å²) in [7, 11) is 1.67. The lowest BCUT2D eigenvalue weighted by Gasteiger charge is -2.14. The van der Waals surface area contributed by atoms with Crippen LogP contribution in [-0.2, 0) is 0 Å². The second-order valence-corrected chi connectivity index (χ2v) is 6.73. The fourth-order valence-electron chi connectivity index (χ4n) is 3.13. The van der Waals surface area contributed by atoms with E-state index in [1.807, 2.05) is 32.0 Å². The molecule has 0 aliphatic rings. The third kappa shape index (κ3) is 3.95. The summed E-state index contributed by atoms with van der Waals surface area (Å²) in [5, 5.41) is 16.2. The number of hydrogen-bond acceptors (Lipinski definition) is 7. The Balaban J connectivity index is 1.77. The zero-order valence-corrected chi connectivity index (χ0v) is 16.9. The van der Waals surface area contributed by atoms with Crippen LogP contribution in [0.25, 0.3) is 16.9 Å². The average molecular weight is 423 g/mol. The van der Waals surface area contributed by atoms with Crippen molar-refractivity contribution < 1.29 is 23.8 Å². The van der Waals surface area contributed by atoms with Gasteiger partial charge in [-0.25, -0.2) is 18.9 Å². The van der Waals surface area contributed by atoms with Gasteiger partial charge in [0.1, 0.15) is 11.6 Å². The van der Waals surface area contributed by atoms with Crippen LogP contribution < -0.4 is 14.8 Å². The Morgan fingerprint density at radius 3 is 2.61 bits per heavy atom. The largest absolute Gasteiger partial charge is 0.511 e. The van der Waals surface area contributed by atoms with Crippen LogP contribution in [0.15, 0.2) is 42.7 Å². The number of hydrogen-bond donors (Lipinski definition) is 2. The maximum Gasteiger partial charge on any atom is 0.511 e. The molecule has 0 bridgehead atoms. The number of nitrogens with zero attached hydrogens (tertiary/aromatic N) is 4. The van der Waals surface area contributed by atoms with Crippen molar-refractivity contribution in [1.82, 2.24) is 19.7 Å². The number of aromatic nitrogens is 4. The molecule has 4 aromatic rings. The van der Waals surface area contributed by atoms with Crippen LogP contribution in [0.1, 0.15) is 11.1 Å². The van der Waals surface area contributed by atoms with Crippen molar-refractivity contribution in [2.45, 2.75) is 13.8 Å². The highest BCUT2D eigenvalue weighted by molar-refractivity contribution is 5.91. The van der Waals surface area contributed by atoms with Crippen LogP contribution >= 0.6 is 0 Å². The minimum Gasteiger partial charge on any atom is -0.454 e. The Morgan fingerprint density at radius 1 is 1.19 bits per heavy atom. The molecular formula is C21H18FN5O4. The molecule has 4 rings (SSSR count). The van der Waals surface area contributed by atoms with Crippen LogP contribution in [0.5, 0.6) is 17.2 Å². The molecule has 0 aliphatic heterocycles. The zero-order valence-electron chi connectivity index (χ0n) is 16.9. The maximum absolute atomic E-state index is 14.9. The van der Waals surface area contributed by atoms with Gasteiger partial charge in [-0.1, -0.05) is 18.2 Å². The first-order valence-corrected chi connectivity index (χ1v) is 9.24. The molecule has 0 amide bonds. The van der Waals surface area contributed by atoms with Gasteiger partial charge in [0.15, 0.2) is 17.3 Å². The van der Waals surface area contributed by atoms with Crippen LogP contribution in [0.2, 0.25) is 0 Å². The van der Waals surface area contributed by atoms with Gasteiger partial charge in [-0.3, -0.25) is 0 Å². The van der Waals surface area contributed by atoms with E-state index < -0.39 is 12.0 Å². The van der Waals surface area contributed by atoms with Gasteiger partial charge in [0.25, 0.3) is 5.95 Å². The topological polar surface area (TPSA) is 111 Å². The first-order chi connectivity index (χ1) is 14.9. The molecule has 0 saturated heterocycles. The van der Waals surface area contributed by atoms with Crippen molar-refractivity contribution in [1.29, 1.82) is 0 Å². The number of benzene rings is 2. The Morgan fingerprint density at radius 2 is 1.94 bits per heavy atom. The van der Waals surface area contributed by atoms with Crippen molar-refractivity contribution in [2.24, 2.45) is 0 Å². The summed E-state index contributed by atoms with van der Waals surface area (Å²) in [6.45, 7) is 3.78. The van der Waals surface area contributed by atoms with E-state index in [9.17, 15) is 9.18 Å². The fourth-order valence-corrected chi connectivity index (χ4v) is 3.13. The van der Waals surface area contributed by atoms with Crippen molar-refractivity contribution in [3.63, 3.8) is 0 Å². The van der Waals surface area contributed by atoms with Gasteiger partial charge in [-0.05, 0) is 31.0 Å². The normalized spacial score (nSPS) is 10.8. The smallest absolute Gasteiger partial charge is 0.454 e. The summed E-state index contributed by atoms with van der Waals surface area (Å²) in [5.41, 5.74) is 2.09. The van der Waals surface area contributed by atoms with Crippen molar-refractivity contribution in [2.75, 3.05) is 12.4 Å². The summed E-state index contributed by atoms with van der Waals surface area (Å²) >= 11 is 0. The molecule has 2 heterocycles. The molecular weight excluding hydrogens is 405 g/mol. The third-order valence-electron chi connectivity index (χ3n) is 4.56. The summed E-state index contributed by atoms with van der Waals surface area (Å²) in [5.74, 6) is 0.589. The Kier molecular flexibility index (Phi) is 5.12. The van der Waals surface area contributed by atoms with E-state index in [0.29, 0.717) is 22.5 Å². The molecule has 31 heavy (non-hydrogen) atoms. The van der Waals surface area contributed by atoms with E-state index >= 15 is 0 Å². The number of carbonyl (C=O) groups is 1. The number of ether oxygens (including phenoxy) is 2. The fraction of sp³-hybridized carbons (Fsp3) is 0.143. The van der Waals surface area contributed by atoms with Gasteiger partial charge >= 0.3 is 6.16 Å². The molecule has 0 aliphatic carbocycles. The maximum atomic E-state index is 14.9. The van der Waals surface area contributed by atoms with E-state index in [2.05, 4.69) is 25.1 Å². The highest BCUT2D eigenvalue weighted by atomic mass is 19.1. The van der Waals surface area contributed by atoms with E-state index in [1.54, 1.807) is 7.05 Å². The lowest BCUT2D eigenvalue weighted by Crippen LogP contribution is -2.06. The molecule has 2 aromatic carbocycles. The number of para-hydroxylation sites is 1. The van der Waals surface area contributed by atoms with Gasteiger partial charge in [-0.2, -0.15) is 10.1 Å². The lowest BCUT2D eigenvalue weighted by atomic mass is 10.1.